The van der Waals surface area contributed by atoms with Crippen LogP contribution in [0.2, 0.25) is 0 Å². The summed E-state index contributed by atoms with van der Waals surface area (Å²) in [6.45, 7) is 5.49. The van der Waals surface area contributed by atoms with Crippen molar-refractivity contribution in [2.45, 2.75) is 51.5 Å². The molecular formula is C14H23N5. The quantitative estimate of drug-likeness (QED) is 0.607. The fourth-order valence-corrected chi connectivity index (χ4v) is 2.64. The zero-order chi connectivity index (χ0) is 13.4. The van der Waals surface area contributed by atoms with Gasteiger partial charge in [0.15, 0.2) is 0 Å². The maximum atomic E-state index is 5.60. The zero-order valence-corrected chi connectivity index (χ0v) is 11.8. The summed E-state index contributed by atoms with van der Waals surface area (Å²) in [5.74, 6) is 8.69. The van der Waals surface area contributed by atoms with Crippen molar-refractivity contribution < 1.29 is 0 Å². The average Bonchev–Trinajstić information content (AvgIpc) is 3.27. The van der Waals surface area contributed by atoms with Gasteiger partial charge >= 0.3 is 0 Å². The van der Waals surface area contributed by atoms with E-state index in [1.807, 2.05) is 0 Å². The van der Waals surface area contributed by atoms with Gasteiger partial charge in [0.2, 0.25) is 0 Å². The lowest BCUT2D eigenvalue weighted by atomic mass is 10.0. The standard InChI is InChI=1S/C14H23N5/c1-9(2)12-13(18-15)16-8-17-14(12)19(11-5-6-11)7-10-3-4-10/h8-11H,3-7,15H2,1-2H3,(H,16,17,18). The first kappa shape index (κ1) is 12.7. The molecule has 1 aromatic rings. The van der Waals surface area contributed by atoms with Gasteiger partial charge in [0.05, 0.1) is 0 Å². The van der Waals surface area contributed by atoms with Gasteiger partial charge in [-0.1, -0.05) is 13.8 Å². The Kier molecular flexibility index (Phi) is 3.31. The summed E-state index contributed by atoms with van der Waals surface area (Å²) in [7, 11) is 0. The second kappa shape index (κ2) is 4.96. The van der Waals surface area contributed by atoms with Crippen LogP contribution in [0.25, 0.3) is 0 Å². The first-order valence-corrected chi connectivity index (χ1v) is 7.28. The molecule has 5 nitrogen and oxygen atoms in total. The highest BCUT2D eigenvalue weighted by Crippen LogP contribution is 2.40. The molecule has 2 aliphatic rings. The van der Waals surface area contributed by atoms with Crippen LogP contribution >= 0.6 is 0 Å². The molecule has 0 atom stereocenters. The van der Waals surface area contributed by atoms with Crippen LogP contribution in [0.4, 0.5) is 11.6 Å². The molecule has 1 heterocycles. The van der Waals surface area contributed by atoms with Gasteiger partial charge in [-0.3, -0.25) is 0 Å². The Balaban J connectivity index is 1.95. The summed E-state index contributed by atoms with van der Waals surface area (Å²) in [4.78, 5) is 11.3. The SMILES string of the molecule is CC(C)c1c(NN)ncnc1N(CC1CC1)C1CC1. The van der Waals surface area contributed by atoms with E-state index in [9.17, 15) is 0 Å². The maximum Gasteiger partial charge on any atom is 0.148 e. The molecule has 104 valence electrons. The monoisotopic (exact) mass is 261 g/mol. The second-order valence-electron chi connectivity index (χ2n) is 6.09. The van der Waals surface area contributed by atoms with E-state index in [0.29, 0.717) is 12.0 Å². The molecular weight excluding hydrogens is 238 g/mol. The minimum atomic E-state index is 0.364. The molecule has 0 bridgehead atoms. The third kappa shape index (κ3) is 2.66. The van der Waals surface area contributed by atoms with Crippen LogP contribution in [0.15, 0.2) is 6.33 Å². The average molecular weight is 261 g/mol. The Hall–Kier alpha value is -1.36. The van der Waals surface area contributed by atoms with E-state index in [1.54, 1.807) is 6.33 Å². The van der Waals surface area contributed by atoms with Gasteiger partial charge in [-0.2, -0.15) is 0 Å². The molecule has 0 unspecified atom stereocenters. The molecule has 5 heteroatoms. The maximum absolute atomic E-state index is 5.60. The van der Waals surface area contributed by atoms with Crippen molar-refractivity contribution in [3.8, 4) is 0 Å². The predicted molar refractivity (Wildman–Crippen MR) is 77.0 cm³/mol. The second-order valence-corrected chi connectivity index (χ2v) is 6.09. The topological polar surface area (TPSA) is 67.1 Å². The highest BCUT2D eigenvalue weighted by atomic mass is 15.3. The van der Waals surface area contributed by atoms with Crippen LogP contribution in [0.3, 0.4) is 0 Å². The molecule has 0 saturated heterocycles. The number of nitrogens with one attached hydrogen (secondary N) is 1. The Morgan fingerprint density at radius 2 is 2.05 bits per heavy atom. The number of rotatable bonds is 6. The van der Waals surface area contributed by atoms with Crippen LogP contribution in [-0.2, 0) is 0 Å². The van der Waals surface area contributed by atoms with E-state index in [1.165, 1.54) is 25.7 Å². The molecule has 1 aromatic heterocycles. The largest absolute Gasteiger partial charge is 0.353 e. The van der Waals surface area contributed by atoms with Crippen molar-refractivity contribution in [2.75, 3.05) is 16.9 Å². The van der Waals surface area contributed by atoms with Crippen LogP contribution < -0.4 is 16.2 Å². The van der Waals surface area contributed by atoms with Crippen molar-refractivity contribution in [1.82, 2.24) is 9.97 Å². The highest BCUT2D eigenvalue weighted by Gasteiger charge is 2.36. The van der Waals surface area contributed by atoms with Crippen LogP contribution in [0.5, 0.6) is 0 Å². The van der Waals surface area contributed by atoms with Crippen LogP contribution in [0.1, 0.15) is 51.0 Å². The summed E-state index contributed by atoms with van der Waals surface area (Å²) in [5.41, 5.74) is 3.87. The van der Waals surface area contributed by atoms with Gasteiger partial charge in [0.1, 0.15) is 18.0 Å². The molecule has 2 fully saturated rings. The number of nitrogen functional groups attached to an aromatic ring is 1. The minimum absolute atomic E-state index is 0.364. The number of aromatic nitrogens is 2. The number of nitrogens with two attached hydrogens (primary N) is 1. The van der Waals surface area contributed by atoms with E-state index in [2.05, 4.69) is 34.1 Å². The third-order valence-corrected chi connectivity index (χ3v) is 3.99. The van der Waals surface area contributed by atoms with E-state index in [4.69, 9.17) is 5.84 Å². The van der Waals surface area contributed by atoms with Gasteiger partial charge in [-0.15, -0.1) is 0 Å². The molecule has 0 radical (unpaired) electrons. The van der Waals surface area contributed by atoms with Crippen LogP contribution in [-0.4, -0.2) is 22.6 Å². The Bertz CT molecular complexity index is 451. The first-order valence-electron chi connectivity index (χ1n) is 7.28. The number of hydrazine groups is 1. The Labute approximate surface area is 114 Å². The van der Waals surface area contributed by atoms with E-state index < -0.39 is 0 Å². The summed E-state index contributed by atoms with van der Waals surface area (Å²) >= 11 is 0. The molecule has 0 amide bonds. The van der Waals surface area contributed by atoms with Crippen molar-refractivity contribution in [3.05, 3.63) is 11.9 Å². The fourth-order valence-electron chi connectivity index (χ4n) is 2.64. The molecule has 0 spiro atoms. The summed E-state index contributed by atoms with van der Waals surface area (Å²) < 4.78 is 0. The lowest BCUT2D eigenvalue weighted by Gasteiger charge is -2.27. The molecule has 19 heavy (non-hydrogen) atoms. The minimum Gasteiger partial charge on any atom is -0.353 e. The molecule has 2 saturated carbocycles. The summed E-state index contributed by atoms with van der Waals surface area (Å²) in [6.07, 6.45) is 6.94. The molecule has 3 rings (SSSR count). The predicted octanol–water partition coefficient (Wildman–Crippen LogP) is 2.26. The first-order chi connectivity index (χ1) is 9.20. The van der Waals surface area contributed by atoms with Crippen molar-refractivity contribution in [1.29, 1.82) is 0 Å². The normalized spacial score (nSPS) is 18.7. The number of hydrogen-bond donors (Lipinski definition) is 2. The van der Waals surface area contributed by atoms with E-state index >= 15 is 0 Å². The van der Waals surface area contributed by atoms with Crippen LogP contribution in [0, 0.1) is 5.92 Å². The fraction of sp³-hybridized carbons (Fsp3) is 0.714. The van der Waals surface area contributed by atoms with Gasteiger partial charge in [0, 0.05) is 18.2 Å². The smallest absolute Gasteiger partial charge is 0.148 e. The van der Waals surface area contributed by atoms with Gasteiger partial charge in [0.25, 0.3) is 0 Å². The lowest BCUT2D eigenvalue weighted by molar-refractivity contribution is 0.695. The molecule has 0 aliphatic heterocycles. The number of anilines is 2. The summed E-state index contributed by atoms with van der Waals surface area (Å²) in [6, 6.07) is 0.679. The summed E-state index contributed by atoms with van der Waals surface area (Å²) in [5, 5.41) is 0. The number of nitrogens with zero attached hydrogens (tertiary/aromatic N) is 3. The zero-order valence-electron chi connectivity index (χ0n) is 11.8. The Morgan fingerprint density at radius 3 is 2.58 bits per heavy atom. The highest BCUT2D eigenvalue weighted by molar-refractivity contribution is 5.61. The van der Waals surface area contributed by atoms with E-state index in [0.717, 1.165) is 29.7 Å². The van der Waals surface area contributed by atoms with Crippen molar-refractivity contribution >= 4 is 11.6 Å². The van der Waals surface area contributed by atoms with Gasteiger partial charge < -0.3 is 10.3 Å². The molecule has 2 aliphatic carbocycles. The molecule has 0 aromatic carbocycles. The van der Waals surface area contributed by atoms with Gasteiger partial charge in [-0.25, -0.2) is 15.8 Å². The molecule has 3 N–H and O–H groups in total. The van der Waals surface area contributed by atoms with Gasteiger partial charge in [-0.05, 0) is 37.5 Å². The van der Waals surface area contributed by atoms with Crippen molar-refractivity contribution in [3.63, 3.8) is 0 Å². The Morgan fingerprint density at radius 1 is 1.32 bits per heavy atom. The number of hydrogen-bond acceptors (Lipinski definition) is 5. The van der Waals surface area contributed by atoms with E-state index in [-0.39, 0.29) is 0 Å². The van der Waals surface area contributed by atoms with Crippen molar-refractivity contribution in [2.24, 2.45) is 11.8 Å². The third-order valence-electron chi connectivity index (χ3n) is 3.99. The lowest BCUT2D eigenvalue weighted by Crippen LogP contribution is -2.31.